The molecule has 31 heavy (non-hydrogen) atoms. The molecule has 5 heteroatoms. The van der Waals surface area contributed by atoms with Crippen molar-refractivity contribution in [2.45, 2.75) is 20.8 Å². The minimum Gasteiger partial charge on any atom is -0.454 e. The molecule has 0 unspecified atom stereocenters. The first-order valence-corrected chi connectivity index (χ1v) is 10.2. The molecule has 0 amide bonds. The van der Waals surface area contributed by atoms with E-state index in [0.717, 1.165) is 44.9 Å². The maximum atomic E-state index is 6.08. The Kier molecular flexibility index (Phi) is 5.85. The van der Waals surface area contributed by atoms with Gasteiger partial charge in [0.15, 0.2) is 5.76 Å². The lowest BCUT2D eigenvalue weighted by Gasteiger charge is -2.12. The van der Waals surface area contributed by atoms with Gasteiger partial charge in [0.05, 0.1) is 17.6 Å². The normalized spacial score (nSPS) is 11.9. The number of fused-ring (bicyclic) bond motifs is 1. The monoisotopic (exact) mass is 410 g/mol. The van der Waals surface area contributed by atoms with E-state index >= 15 is 0 Å². The first-order chi connectivity index (χ1) is 15.0. The summed E-state index contributed by atoms with van der Waals surface area (Å²) in [6.07, 6.45) is 1.87. The number of furan rings is 1. The third kappa shape index (κ3) is 4.83. The number of benzene rings is 3. The molecule has 5 nitrogen and oxygen atoms in total. The van der Waals surface area contributed by atoms with Gasteiger partial charge in [0.2, 0.25) is 0 Å². The Balaban J connectivity index is 1.55. The average Bonchev–Trinajstić information content (AvgIpc) is 3.22. The van der Waals surface area contributed by atoms with Gasteiger partial charge in [-0.3, -0.25) is 10.4 Å². The van der Waals surface area contributed by atoms with Crippen LogP contribution in [0.1, 0.15) is 29.4 Å². The van der Waals surface area contributed by atoms with Gasteiger partial charge < -0.3 is 4.42 Å². The number of aryl methyl sites for hydroxylation is 2. The van der Waals surface area contributed by atoms with Gasteiger partial charge in [0.1, 0.15) is 11.3 Å². The first-order valence-electron chi connectivity index (χ1n) is 10.2. The Morgan fingerprint density at radius 2 is 1.71 bits per heavy atom. The van der Waals surface area contributed by atoms with Crippen LogP contribution in [-0.4, -0.2) is 19.0 Å². The predicted molar refractivity (Wildman–Crippen MR) is 130 cm³/mol. The van der Waals surface area contributed by atoms with Crippen molar-refractivity contribution in [2.24, 2.45) is 10.2 Å². The fourth-order valence-corrected chi connectivity index (χ4v) is 3.31. The fraction of sp³-hybridized carbons (Fsp3) is 0.154. The van der Waals surface area contributed by atoms with Crippen LogP contribution in [0.4, 0.5) is 11.4 Å². The second-order valence-corrected chi connectivity index (χ2v) is 7.65. The van der Waals surface area contributed by atoms with E-state index in [9.17, 15) is 0 Å². The molecular formula is C26H26N4O. The molecule has 1 heterocycles. The van der Waals surface area contributed by atoms with Crippen LogP contribution in [0, 0.1) is 13.8 Å². The molecule has 3 aromatic carbocycles. The lowest BCUT2D eigenvalue weighted by molar-refractivity contribution is 0.602. The third-order valence-electron chi connectivity index (χ3n) is 5.10. The Bertz CT molecular complexity index is 1240. The van der Waals surface area contributed by atoms with Gasteiger partial charge in [-0.1, -0.05) is 35.9 Å². The van der Waals surface area contributed by atoms with Crippen molar-refractivity contribution in [3.63, 3.8) is 0 Å². The van der Waals surface area contributed by atoms with Crippen LogP contribution < -0.4 is 10.4 Å². The van der Waals surface area contributed by atoms with Crippen LogP contribution in [0.25, 0.3) is 11.0 Å². The van der Waals surface area contributed by atoms with E-state index in [2.05, 4.69) is 59.0 Å². The summed E-state index contributed by atoms with van der Waals surface area (Å²) in [4.78, 5) is 0. The van der Waals surface area contributed by atoms with E-state index in [0.29, 0.717) is 0 Å². The lowest BCUT2D eigenvalue weighted by Crippen LogP contribution is -2.08. The smallest absolute Gasteiger partial charge is 0.151 e. The molecule has 0 fully saturated rings. The third-order valence-corrected chi connectivity index (χ3v) is 5.10. The lowest BCUT2D eigenvalue weighted by atomic mass is 10.1. The zero-order valence-electron chi connectivity index (χ0n) is 18.3. The Morgan fingerprint density at radius 1 is 0.968 bits per heavy atom. The van der Waals surface area contributed by atoms with Crippen LogP contribution in [-0.2, 0) is 0 Å². The molecule has 0 radical (unpaired) electrons. The molecule has 4 rings (SSSR count). The molecule has 0 bridgehead atoms. The van der Waals surface area contributed by atoms with Gasteiger partial charge in [-0.05, 0) is 74.4 Å². The molecule has 0 aliphatic carbocycles. The highest BCUT2D eigenvalue weighted by Crippen LogP contribution is 2.25. The second-order valence-electron chi connectivity index (χ2n) is 7.65. The van der Waals surface area contributed by atoms with Gasteiger partial charge in [-0.25, -0.2) is 0 Å². The van der Waals surface area contributed by atoms with E-state index in [4.69, 9.17) is 4.42 Å². The minimum atomic E-state index is 0.743. The summed E-state index contributed by atoms with van der Waals surface area (Å²) < 4.78 is 6.08. The SMILES string of the molecule is C/C(=N/Nc1ccccc1)c1cc2cc(/C=N\N(C)c3ccc(C)cc3)cc(C)c2o1. The van der Waals surface area contributed by atoms with E-state index < -0.39 is 0 Å². The number of rotatable bonds is 6. The van der Waals surface area contributed by atoms with E-state index in [-0.39, 0.29) is 0 Å². The summed E-state index contributed by atoms with van der Waals surface area (Å²) in [5.74, 6) is 0.743. The predicted octanol–water partition coefficient (Wildman–Crippen LogP) is 6.36. The van der Waals surface area contributed by atoms with Gasteiger partial charge >= 0.3 is 0 Å². The zero-order chi connectivity index (χ0) is 21.8. The Hall–Kier alpha value is -3.86. The van der Waals surface area contributed by atoms with Crippen LogP contribution in [0.3, 0.4) is 0 Å². The van der Waals surface area contributed by atoms with Gasteiger partial charge in [-0.15, -0.1) is 0 Å². The second kappa shape index (κ2) is 8.88. The van der Waals surface area contributed by atoms with Crippen molar-refractivity contribution < 1.29 is 4.42 Å². The number of anilines is 2. The maximum Gasteiger partial charge on any atom is 0.151 e. The number of para-hydroxylation sites is 1. The van der Waals surface area contributed by atoms with Gasteiger partial charge in [0.25, 0.3) is 0 Å². The van der Waals surface area contributed by atoms with E-state index in [1.54, 1.807) is 0 Å². The molecule has 0 atom stereocenters. The minimum absolute atomic E-state index is 0.743. The summed E-state index contributed by atoms with van der Waals surface area (Å²) in [5.41, 5.74) is 10.0. The van der Waals surface area contributed by atoms with Crippen LogP contribution >= 0.6 is 0 Å². The van der Waals surface area contributed by atoms with E-state index in [1.165, 1.54) is 5.56 Å². The number of nitrogens with zero attached hydrogens (tertiary/aromatic N) is 3. The fourth-order valence-electron chi connectivity index (χ4n) is 3.31. The standard InChI is InChI=1S/C26H26N4O/c1-18-10-12-24(13-11-18)30(4)27-17-21-14-19(2)26-22(15-21)16-25(31-26)20(3)28-29-23-8-6-5-7-9-23/h5-17,29H,1-4H3/b27-17-,28-20-. The van der Waals surface area contributed by atoms with Crippen molar-refractivity contribution >= 4 is 34.3 Å². The average molecular weight is 411 g/mol. The highest BCUT2D eigenvalue weighted by Gasteiger charge is 2.10. The molecule has 1 N–H and O–H groups in total. The summed E-state index contributed by atoms with van der Waals surface area (Å²) in [7, 11) is 1.95. The summed E-state index contributed by atoms with van der Waals surface area (Å²) in [5, 5.41) is 11.9. The Labute approximate surface area is 182 Å². The summed E-state index contributed by atoms with van der Waals surface area (Å²) in [6.45, 7) is 6.06. The molecule has 1 aromatic heterocycles. The number of hydrazone groups is 2. The van der Waals surface area contributed by atoms with Gasteiger partial charge in [0, 0.05) is 12.4 Å². The van der Waals surface area contributed by atoms with Crippen LogP contribution in [0.5, 0.6) is 0 Å². The van der Waals surface area contributed by atoms with Crippen LogP contribution in [0.15, 0.2) is 87.4 Å². The Morgan fingerprint density at radius 3 is 2.45 bits per heavy atom. The maximum absolute atomic E-state index is 6.08. The molecular weight excluding hydrogens is 384 g/mol. The highest BCUT2D eigenvalue weighted by atomic mass is 16.3. The molecule has 0 aliphatic heterocycles. The van der Waals surface area contributed by atoms with Gasteiger partial charge in [-0.2, -0.15) is 10.2 Å². The van der Waals surface area contributed by atoms with Crippen LogP contribution in [0.2, 0.25) is 0 Å². The zero-order valence-corrected chi connectivity index (χ0v) is 18.3. The molecule has 0 saturated carbocycles. The van der Waals surface area contributed by atoms with Crippen molar-refractivity contribution in [1.29, 1.82) is 0 Å². The van der Waals surface area contributed by atoms with Crippen molar-refractivity contribution in [1.82, 2.24) is 0 Å². The van der Waals surface area contributed by atoms with E-state index in [1.807, 2.05) is 68.5 Å². The molecule has 156 valence electrons. The molecule has 0 aliphatic rings. The quantitative estimate of drug-likeness (QED) is 0.297. The number of hydrogen-bond donors (Lipinski definition) is 1. The largest absolute Gasteiger partial charge is 0.454 e. The van der Waals surface area contributed by atoms with Crippen molar-refractivity contribution in [3.8, 4) is 0 Å². The summed E-state index contributed by atoms with van der Waals surface area (Å²) >= 11 is 0. The van der Waals surface area contributed by atoms with Crippen molar-refractivity contribution in [2.75, 3.05) is 17.5 Å². The summed E-state index contributed by atoms with van der Waals surface area (Å²) in [6, 6.07) is 24.3. The molecule has 4 aromatic rings. The number of nitrogens with one attached hydrogen (secondary N) is 1. The number of hydrogen-bond acceptors (Lipinski definition) is 5. The molecule has 0 saturated heterocycles. The topological polar surface area (TPSA) is 53.1 Å². The highest BCUT2D eigenvalue weighted by molar-refractivity contribution is 6.01. The first kappa shape index (κ1) is 20.4. The molecule has 0 spiro atoms. The van der Waals surface area contributed by atoms with Crippen molar-refractivity contribution in [3.05, 3.63) is 95.2 Å².